The minimum absolute atomic E-state index is 0.0583. The van der Waals surface area contributed by atoms with Crippen LogP contribution in [0.2, 0.25) is 0 Å². The van der Waals surface area contributed by atoms with Crippen LogP contribution in [0.5, 0.6) is 0 Å². The van der Waals surface area contributed by atoms with Crippen molar-refractivity contribution in [1.82, 2.24) is 0 Å². The van der Waals surface area contributed by atoms with E-state index in [2.05, 4.69) is 0 Å². The highest BCUT2D eigenvalue weighted by molar-refractivity contribution is 5.74. The first kappa shape index (κ1) is 15.2. The largest absolute Gasteiger partial charge is 0.481 e. The van der Waals surface area contributed by atoms with Crippen LogP contribution in [0.1, 0.15) is 39.0 Å². The lowest BCUT2D eigenvalue weighted by molar-refractivity contribution is -0.139. The number of carboxylic acids is 3. The summed E-state index contributed by atoms with van der Waals surface area (Å²) in [6.45, 7) is 1.88. The summed E-state index contributed by atoms with van der Waals surface area (Å²) in [6.07, 6.45) is 0.610. The molecule has 0 aromatic heterocycles. The van der Waals surface area contributed by atoms with Crippen LogP contribution >= 0.6 is 0 Å². The van der Waals surface area contributed by atoms with Crippen LogP contribution in [0.15, 0.2) is 11.1 Å². The van der Waals surface area contributed by atoms with E-state index in [0.29, 0.717) is 24.0 Å². The van der Waals surface area contributed by atoms with Crippen LogP contribution in [0.25, 0.3) is 0 Å². The number of hydrogen-bond donors (Lipinski definition) is 3. The van der Waals surface area contributed by atoms with E-state index in [1.807, 2.05) is 6.92 Å². The van der Waals surface area contributed by atoms with Gasteiger partial charge in [0.15, 0.2) is 0 Å². The van der Waals surface area contributed by atoms with Gasteiger partial charge in [0.25, 0.3) is 0 Å². The smallest absolute Gasteiger partial charge is 0.307 e. The van der Waals surface area contributed by atoms with Crippen molar-refractivity contribution in [1.29, 1.82) is 0 Å². The maximum Gasteiger partial charge on any atom is 0.307 e. The Hall–Kier alpha value is -1.85. The number of hydrogen-bond acceptors (Lipinski definition) is 3. The van der Waals surface area contributed by atoms with Crippen LogP contribution in [0.3, 0.4) is 0 Å². The average Bonchev–Trinajstić information content (AvgIpc) is 2.25. The van der Waals surface area contributed by atoms with E-state index in [-0.39, 0.29) is 31.1 Å². The molecule has 0 fully saturated rings. The summed E-state index contributed by atoms with van der Waals surface area (Å²) in [7, 11) is 0. The first-order chi connectivity index (χ1) is 8.81. The van der Waals surface area contributed by atoms with E-state index >= 15 is 0 Å². The fourth-order valence-electron chi connectivity index (χ4n) is 2.69. The van der Waals surface area contributed by atoms with Gasteiger partial charge in [-0.15, -0.1) is 0 Å². The number of carboxylic acid groups (broad SMARTS) is 3. The van der Waals surface area contributed by atoms with E-state index in [0.717, 1.165) is 0 Å². The molecule has 0 heterocycles. The fraction of sp³-hybridized carbons (Fsp3) is 0.615. The van der Waals surface area contributed by atoms with Crippen molar-refractivity contribution in [2.75, 3.05) is 0 Å². The minimum Gasteiger partial charge on any atom is -0.481 e. The van der Waals surface area contributed by atoms with E-state index in [1.165, 1.54) is 0 Å². The predicted molar refractivity (Wildman–Crippen MR) is 65.7 cm³/mol. The number of carbonyl (C=O) groups is 3. The molecule has 0 amide bonds. The van der Waals surface area contributed by atoms with Crippen LogP contribution < -0.4 is 0 Å². The van der Waals surface area contributed by atoms with Crippen molar-refractivity contribution in [2.45, 2.75) is 39.0 Å². The van der Waals surface area contributed by atoms with Crippen LogP contribution in [0, 0.1) is 11.8 Å². The molecule has 2 unspecified atom stereocenters. The second-order valence-corrected chi connectivity index (χ2v) is 4.99. The van der Waals surface area contributed by atoms with Gasteiger partial charge >= 0.3 is 17.9 Å². The van der Waals surface area contributed by atoms with Gasteiger partial charge < -0.3 is 15.3 Å². The molecule has 0 bridgehead atoms. The molecule has 0 saturated heterocycles. The van der Waals surface area contributed by atoms with Gasteiger partial charge in [0.1, 0.15) is 0 Å². The molecular weight excluding hydrogens is 252 g/mol. The SMILES string of the molecule is CC1CCC(CC(=O)O)=C(CC(=O)O)C1CC(=O)O. The Morgan fingerprint density at radius 1 is 1.05 bits per heavy atom. The second kappa shape index (κ2) is 6.36. The third kappa shape index (κ3) is 4.39. The van der Waals surface area contributed by atoms with E-state index < -0.39 is 17.9 Å². The van der Waals surface area contributed by atoms with Gasteiger partial charge in [-0.1, -0.05) is 18.1 Å². The van der Waals surface area contributed by atoms with Crippen LogP contribution in [-0.4, -0.2) is 33.2 Å². The second-order valence-electron chi connectivity index (χ2n) is 4.99. The summed E-state index contributed by atoms with van der Waals surface area (Å²) in [6, 6.07) is 0. The van der Waals surface area contributed by atoms with Gasteiger partial charge in [0.2, 0.25) is 0 Å². The zero-order valence-electron chi connectivity index (χ0n) is 10.8. The zero-order valence-corrected chi connectivity index (χ0v) is 10.8. The summed E-state index contributed by atoms with van der Waals surface area (Å²) in [5, 5.41) is 26.7. The third-order valence-electron chi connectivity index (χ3n) is 3.59. The molecule has 6 nitrogen and oxygen atoms in total. The van der Waals surface area contributed by atoms with Crippen LogP contribution in [0.4, 0.5) is 0 Å². The first-order valence-corrected chi connectivity index (χ1v) is 6.17. The Bertz CT molecular complexity index is 423. The number of rotatable bonds is 6. The van der Waals surface area contributed by atoms with Crippen molar-refractivity contribution in [2.24, 2.45) is 11.8 Å². The predicted octanol–water partition coefficient (Wildman–Crippen LogP) is 1.75. The summed E-state index contributed by atoms with van der Waals surface area (Å²) in [5.74, 6) is -3.38. The van der Waals surface area contributed by atoms with Gasteiger partial charge in [0, 0.05) is 0 Å². The molecule has 0 saturated carbocycles. The molecule has 1 aliphatic carbocycles. The van der Waals surface area contributed by atoms with Crippen molar-refractivity contribution in [3.63, 3.8) is 0 Å². The quantitative estimate of drug-likeness (QED) is 0.634. The Balaban J connectivity index is 3.10. The molecule has 2 atom stereocenters. The lowest BCUT2D eigenvalue weighted by atomic mass is 9.72. The fourth-order valence-corrected chi connectivity index (χ4v) is 2.69. The van der Waals surface area contributed by atoms with Gasteiger partial charge in [-0.05, 0) is 24.7 Å². The van der Waals surface area contributed by atoms with Crippen molar-refractivity contribution in [3.05, 3.63) is 11.1 Å². The van der Waals surface area contributed by atoms with E-state index in [1.54, 1.807) is 0 Å². The lowest BCUT2D eigenvalue weighted by Crippen LogP contribution is -2.26. The normalized spacial score (nSPS) is 23.2. The Morgan fingerprint density at radius 2 is 1.63 bits per heavy atom. The standard InChI is InChI=1S/C13H18O6/c1-7-2-3-8(4-11(14)15)10(6-13(18)19)9(7)5-12(16)17/h7,9H,2-6H2,1H3,(H,14,15)(H,16,17)(H,18,19). The molecule has 1 aliphatic rings. The third-order valence-corrected chi connectivity index (χ3v) is 3.59. The molecule has 0 radical (unpaired) electrons. The van der Waals surface area contributed by atoms with Gasteiger partial charge in [-0.3, -0.25) is 14.4 Å². The molecule has 19 heavy (non-hydrogen) atoms. The molecule has 3 N–H and O–H groups in total. The van der Waals surface area contributed by atoms with Crippen molar-refractivity contribution in [3.8, 4) is 0 Å². The molecule has 1 rings (SSSR count). The van der Waals surface area contributed by atoms with Gasteiger partial charge in [-0.25, -0.2) is 0 Å². The Morgan fingerprint density at radius 3 is 2.11 bits per heavy atom. The Kier molecular flexibility index (Phi) is 5.09. The molecule has 0 spiro atoms. The zero-order chi connectivity index (χ0) is 14.6. The summed E-state index contributed by atoms with van der Waals surface area (Å²) in [5.41, 5.74) is 1.08. The highest BCUT2D eigenvalue weighted by Gasteiger charge is 2.32. The molecule has 0 aromatic rings. The van der Waals surface area contributed by atoms with E-state index in [4.69, 9.17) is 15.3 Å². The van der Waals surface area contributed by atoms with E-state index in [9.17, 15) is 14.4 Å². The van der Waals surface area contributed by atoms with Crippen molar-refractivity contribution >= 4 is 17.9 Å². The number of aliphatic carboxylic acids is 3. The Labute approximate surface area is 110 Å². The lowest BCUT2D eigenvalue weighted by Gasteiger charge is -2.32. The first-order valence-electron chi connectivity index (χ1n) is 6.17. The van der Waals surface area contributed by atoms with Crippen LogP contribution in [-0.2, 0) is 14.4 Å². The summed E-state index contributed by atoms with van der Waals surface area (Å²) >= 11 is 0. The van der Waals surface area contributed by atoms with Gasteiger partial charge in [0.05, 0.1) is 19.3 Å². The molecule has 6 heteroatoms. The maximum atomic E-state index is 10.9. The molecule has 0 aromatic carbocycles. The molecule has 0 aliphatic heterocycles. The highest BCUT2D eigenvalue weighted by Crippen LogP contribution is 2.39. The monoisotopic (exact) mass is 270 g/mol. The topological polar surface area (TPSA) is 112 Å². The van der Waals surface area contributed by atoms with Crippen molar-refractivity contribution < 1.29 is 29.7 Å². The molecule has 106 valence electrons. The minimum atomic E-state index is -1.05. The summed E-state index contributed by atoms with van der Waals surface area (Å²) in [4.78, 5) is 32.6. The summed E-state index contributed by atoms with van der Waals surface area (Å²) < 4.78 is 0. The molecular formula is C13H18O6. The average molecular weight is 270 g/mol. The highest BCUT2D eigenvalue weighted by atomic mass is 16.4. The maximum absolute atomic E-state index is 10.9. The van der Waals surface area contributed by atoms with Gasteiger partial charge in [-0.2, -0.15) is 0 Å².